The van der Waals surface area contributed by atoms with Crippen molar-refractivity contribution in [2.24, 2.45) is 0 Å². The second-order valence-electron chi connectivity index (χ2n) is 4.36. The third-order valence-corrected chi connectivity index (χ3v) is 3.31. The molecule has 3 nitrogen and oxygen atoms in total. The number of aldehydes is 1. The van der Waals surface area contributed by atoms with Gasteiger partial charge in [-0.25, -0.2) is 4.79 Å². The number of rotatable bonds is 3. The van der Waals surface area contributed by atoms with Gasteiger partial charge in [-0.05, 0) is 24.3 Å². The lowest BCUT2D eigenvalue weighted by Crippen LogP contribution is -2.17. The van der Waals surface area contributed by atoms with Crippen LogP contribution in [-0.2, 0) is 6.18 Å². The molecule has 0 N–H and O–H groups in total. The molecule has 8 heteroatoms. The van der Waals surface area contributed by atoms with Crippen LogP contribution in [0.5, 0.6) is 5.75 Å². The fourth-order valence-electron chi connectivity index (χ4n) is 1.83. The molecule has 0 atom stereocenters. The minimum atomic E-state index is -4.73. The van der Waals surface area contributed by atoms with Gasteiger partial charge in [0.2, 0.25) is 0 Å². The van der Waals surface area contributed by atoms with Crippen molar-refractivity contribution in [1.29, 1.82) is 0 Å². The fourth-order valence-corrected chi connectivity index (χ4v) is 2.38. The number of hydrogen-bond acceptors (Lipinski definition) is 3. The van der Waals surface area contributed by atoms with E-state index in [1.165, 1.54) is 18.2 Å². The van der Waals surface area contributed by atoms with Crippen molar-refractivity contribution >= 4 is 35.5 Å². The number of carbonyl (C=O) groups is 2. The molecule has 0 aromatic heterocycles. The van der Waals surface area contributed by atoms with Gasteiger partial charge in [-0.2, -0.15) is 13.2 Å². The van der Waals surface area contributed by atoms with Crippen molar-refractivity contribution in [1.82, 2.24) is 0 Å². The number of carbonyl (C=O) groups excluding carboxylic acids is 2. The van der Waals surface area contributed by atoms with Crippen LogP contribution < -0.4 is 4.74 Å². The molecule has 0 unspecified atom stereocenters. The summed E-state index contributed by atoms with van der Waals surface area (Å²) < 4.78 is 43.6. The normalized spacial score (nSPS) is 11.2. The third kappa shape index (κ3) is 3.83. The molecule has 0 saturated heterocycles. The summed E-state index contributed by atoms with van der Waals surface area (Å²) in [5.41, 5.74) is -1.99. The minimum Gasteiger partial charge on any atom is -0.421 e. The smallest absolute Gasteiger partial charge is 0.417 e. The number of ether oxygens (including phenoxy) is 1. The molecular weight excluding hydrogens is 356 g/mol. The summed E-state index contributed by atoms with van der Waals surface area (Å²) in [7, 11) is 0. The molecule has 0 bridgehead atoms. The molecule has 2 aromatic carbocycles. The second-order valence-corrected chi connectivity index (χ2v) is 5.20. The van der Waals surface area contributed by atoms with Gasteiger partial charge in [0.15, 0.2) is 12.0 Å². The Bertz CT molecular complexity index is 773. The number of esters is 1. The summed E-state index contributed by atoms with van der Waals surface area (Å²) in [6, 6.07) is 6.50. The zero-order valence-electron chi connectivity index (χ0n) is 11.2. The summed E-state index contributed by atoms with van der Waals surface area (Å²) in [5.74, 6) is -1.64. The van der Waals surface area contributed by atoms with E-state index >= 15 is 0 Å². The maximum absolute atomic E-state index is 12.9. The Balaban J connectivity index is 2.44. The van der Waals surface area contributed by atoms with Gasteiger partial charge in [0.05, 0.1) is 21.7 Å². The molecule has 0 aliphatic rings. The minimum absolute atomic E-state index is 0.118. The highest BCUT2D eigenvalue weighted by atomic mass is 35.5. The van der Waals surface area contributed by atoms with Gasteiger partial charge in [-0.15, -0.1) is 0 Å². The fraction of sp³-hybridized carbons (Fsp3) is 0.0667. The third-order valence-electron chi connectivity index (χ3n) is 2.81. The molecule has 0 saturated carbocycles. The summed E-state index contributed by atoms with van der Waals surface area (Å²) in [5, 5.41) is -0.0509. The Morgan fingerprint density at radius 1 is 1.13 bits per heavy atom. The maximum atomic E-state index is 12.9. The summed E-state index contributed by atoms with van der Waals surface area (Å²) in [6.07, 6.45) is -4.40. The van der Waals surface area contributed by atoms with E-state index < -0.39 is 23.3 Å². The first-order valence-electron chi connectivity index (χ1n) is 6.06. The first-order chi connectivity index (χ1) is 10.7. The van der Waals surface area contributed by atoms with E-state index in [0.29, 0.717) is 6.29 Å². The maximum Gasteiger partial charge on any atom is 0.417 e. The van der Waals surface area contributed by atoms with E-state index in [0.717, 1.165) is 18.2 Å². The highest BCUT2D eigenvalue weighted by Gasteiger charge is 2.35. The van der Waals surface area contributed by atoms with Gasteiger partial charge in [-0.3, -0.25) is 4.79 Å². The lowest BCUT2D eigenvalue weighted by Gasteiger charge is -2.13. The molecule has 2 aromatic rings. The van der Waals surface area contributed by atoms with Crippen LogP contribution in [-0.4, -0.2) is 12.3 Å². The van der Waals surface area contributed by atoms with Crippen LogP contribution >= 0.6 is 23.2 Å². The molecule has 2 rings (SSSR count). The molecule has 0 aliphatic heterocycles. The number of alkyl halides is 3. The Morgan fingerprint density at radius 3 is 2.39 bits per heavy atom. The molecule has 0 spiro atoms. The molecule has 0 heterocycles. The van der Waals surface area contributed by atoms with Gasteiger partial charge in [0.1, 0.15) is 0 Å². The molecule has 120 valence electrons. The van der Waals surface area contributed by atoms with Crippen LogP contribution in [0.25, 0.3) is 0 Å². The Kier molecular flexibility index (Phi) is 4.97. The SMILES string of the molecule is O=Cc1cc(Cl)cc(Cl)c1OC(=O)c1ccccc1C(F)(F)F. The highest BCUT2D eigenvalue weighted by molar-refractivity contribution is 6.36. The number of benzene rings is 2. The largest absolute Gasteiger partial charge is 0.421 e. The highest BCUT2D eigenvalue weighted by Crippen LogP contribution is 2.35. The Labute approximate surface area is 138 Å². The topological polar surface area (TPSA) is 43.4 Å². The second kappa shape index (κ2) is 6.60. The van der Waals surface area contributed by atoms with Gasteiger partial charge in [0.25, 0.3) is 0 Å². The van der Waals surface area contributed by atoms with E-state index in [2.05, 4.69) is 0 Å². The van der Waals surface area contributed by atoms with Crippen molar-refractivity contribution in [2.45, 2.75) is 6.18 Å². The van der Waals surface area contributed by atoms with Crippen molar-refractivity contribution in [2.75, 3.05) is 0 Å². The van der Waals surface area contributed by atoms with Gasteiger partial charge < -0.3 is 4.74 Å². The van der Waals surface area contributed by atoms with Crippen LogP contribution in [0.2, 0.25) is 10.0 Å². The number of halogens is 5. The lowest BCUT2D eigenvalue weighted by atomic mass is 10.1. The van der Waals surface area contributed by atoms with Gasteiger partial charge >= 0.3 is 12.1 Å². The molecule has 0 aliphatic carbocycles. The molecule has 23 heavy (non-hydrogen) atoms. The van der Waals surface area contributed by atoms with E-state index in [9.17, 15) is 22.8 Å². The lowest BCUT2D eigenvalue weighted by molar-refractivity contribution is -0.138. The monoisotopic (exact) mass is 362 g/mol. The predicted molar refractivity (Wildman–Crippen MR) is 78.3 cm³/mol. The van der Waals surface area contributed by atoms with E-state index in [-0.39, 0.29) is 21.4 Å². The molecule has 0 amide bonds. The average molecular weight is 363 g/mol. The van der Waals surface area contributed by atoms with Gasteiger partial charge in [0, 0.05) is 5.02 Å². The van der Waals surface area contributed by atoms with Crippen molar-refractivity contribution in [3.8, 4) is 5.75 Å². The van der Waals surface area contributed by atoms with Crippen LogP contribution in [0.4, 0.5) is 13.2 Å². The molecule has 0 radical (unpaired) electrons. The Morgan fingerprint density at radius 2 is 1.78 bits per heavy atom. The van der Waals surface area contributed by atoms with Crippen molar-refractivity contribution < 1.29 is 27.5 Å². The summed E-state index contributed by atoms with van der Waals surface area (Å²) >= 11 is 11.5. The summed E-state index contributed by atoms with van der Waals surface area (Å²) in [6.45, 7) is 0. The molecular formula is C15H7Cl2F3O3. The zero-order valence-corrected chi connectivity index (χ0v) is 12.7. The average Bonchev–Trinajstić information content (AvgIpc) is 2.48. The van der Waals surface area contributed by atoms with Crippen LogP contribution in [0, 0.1) is 0 Å². The Hall–Kier alpha value is -2.05. The standard InChI is InChI=1S/C15H7Cl2F3O3/c16-9-5-8(7-21)13(12(17)6-9)23-14(22)10-3-1-2-4-11(10)15(18,19)20/h1-7H. The van der Waals surface area contributed by atoms with Crippen LogP contribution in [0.15, 0.2) is 36.4 Å². The quantitative estimate of drug-likeness (QED) is 0.436. The number of hydrogen-bond donors (Lipinski definition) is 0. The van der Waals surface area contributed by atoms with Crippen LogP contribution in [0.3, 0.4) is 0 Å². The first-order valence-corrected chi connectivity index (χ1v) is 6.82. The van der Waals surface area contributed by atoms with E-state index in [1.54, 1.807) is 0 Å². The zero-order chi connectivity index (χ0) is 17.2. The van der Waals surface area contributed by atoms with Crippen molar-refractivity contribution in [3.63, 3.8) is 0 Å². The van der Waals surface area contributed by atoms with E-state index in [1.807, 2.05) is 0 Å². The first kappa shape index (κ1) is 17.3. The predicted octanol–water partition coefficient (Wildman–Crippen LogP) is 5.04. The van der Waals surface area contributed by atoms with E-state index in [4.69, 9.17) is 27.9 Å². The van der Waals surface area contributed by atoms with Gasteiger partial charge in [-0.1, -0.05) is 35.3 Å². The van der Waals surface area contributed by atoms with Crippen LogP contribution in [0.1, 0.15) is 26.3 Å². The van der Waals surface area contributed by atoms with Crippen molar-refractivity contribution in [3.05, 3.63) is 63.1 Å². The molecule has 0 fully saturated rings. The summed E-state index contributed by atoms with van der Waals surface area (Å²) in [4.78, 5) is 23.0.